The molecule has 1 rings (SSSR count). The van der Waals surface area contributed by atoms with Crippen LogP contribution < -0.4 is 5.32 Å². The first kappa shape index (κ1) is 8.24. The van der Waals surface area contributed by atoms with Crippen molar-refractivity contribution >= 4 is 8.24 Å². The molecule has 1 saturated heterocycles. The fourth-order valence-corrected chi connectivity index (χ4v) is 2.68. The van der Waals surface area contributed by atoms with E-state index >= 15 is 0 Å². The van der Waals surface area contributed by atoms with E-state index < -0.39 is 8.24 Å². The monoisotopic (exact) mass is 158 g/mol. The average molecular weight is 158 g/mol. The van der Waals surface area contributed by atoms with Crippen molar-refractivity contribution in [3.63, 3.8) is 0 Å². The fourth-order valence-electron chi connectivity index (χ4n) is 1.26. The fraction of sp³-hybridized carbons (Fsp3) is 1.00. The summed E-state index contributed by atoms with van der Waals surface area (Å²) in [4.78, 5) is 0. The third-order valence-electron chi connectivity index (χ3n) is 2.03. The standard InChI is InChI=1S/C7H18N2Si/c1-10(2,3)9-6-4-5-8-7-9/h8H,4-7H2,1-3H3. The van der Waals surface area contributed by atoms with Gasteiger partial charge in [0.2, 0.25) is 0 Å². The number of hydrogen-bond donors (Lipinski definition) is 1. The summed E-state index contributed by atoms with van der Waals surface area (Å²) in [5.41, 5.74) is 0. The molecular weight excluding hydrogens is 140 g/mol. The Hall–Kier alpha value is 0.137. The summed E-state index contributed by atoms with van der Waals surface area (Å²) in [5, 5.41) is 3.40. The molecule has 0 radical (unpaired) electrons. The third kappa shape index (κ3) is 2.07. The maximum atomic E-state index is 3.40. The molecule has 1 aliphatic heterocycles. The highest BCUT2D eigenvalue weighted by Gasteiger charge is 2.24. The molecule has 60 valence electrons. The molecule has 1 fully saturated rings. The lowest BCUT2D eigenvalue weighted by molar-refractivity contribution is 0.328. The molecule has 1 N–H and O–H groups in total. The van der Waals surface area contributed by atoms with Gasteiger partial charge in [0.25, 0.3) is 0 Å². The zero-order valence-corrected chi connectivity index (χ0v) is 8.28. The Kier molecular flexibility index (Phi) is 2.49. The average Bonchev–Trinajstić information content (AvgIpc) is 1.88. The van der Waals surface area contributed by atoms with E-state index in [2.05, 4.69) is 29.5 Å². The first-order valence-corrected chi connectivity index (χ1v) is 7.51. The first-order chi connectivity index (χ1) is 4.61. The lowest BCUT2D eigenvalue weighted by Crippen LogP contribution is -2.54. The normalized spacial score (nSPS) is 23.1. The Morgan fingerprint density at radius 2 is 2.00 bits per heavy atom. The molecule has 0 atom stereocenters. The second kappa shape index (κ2) is 3.03. The molecule has 0 aromatic carbocycles. The van der Waals surface area contributed by atoms with Crippen LogP contribution >= 0.6 is 0 Å². The molecule has 1 aliphatic rings. The minimum absolute atomic E-state index is 0.986. The molecular formula is C7H18N2Si. The van der Waals surface area contributed by atoms with Gasteiger partial charge in [0.05, 0.1) is 0 Å². The molecule has 0 bridgehead atoms. The van der Waals surface area contributed by atoms with Crippen LogP contribution in [-0.4, -0.2) is 32.6 Å². The second-order valence-electron chi connectivity index (χ2n) is 3.95. The van der Waals surface area contributed by atoms with Crippen LogP contribution in [0.4, 0.5) is 0 Å². The highest BCUT2D eigenvalue weighted by Crippen LogP contribution is 2.10. The van der Waals surface area contributed by atoms with E-state index in [4.69, 9.17) is 0 Å². The Balaban J connectivity index is 2.39. The van der Waals surface area contributed by atoms with Gasteiger partial charge in [-0.3, -0.25) is 0 Å². The van der Waals surface area contributed by atoms with Crippen LogP contribution in [0, 0.1) is 0 Å². The summed E-state index contributed by atoms with van der Waals surface area (Å²) >= 11 is 0. The summed E-state index contributed by atoms with van der Waals surface area (Å²) in [7, 11) is -0.986. The van der Waals surface area contributed by atoms with Crippen LogP contribution in [0.3, 0.4) is 0 Å². The van der Waals surface area contributed by atoms with Gasteiger partial charge < -0.3 is 9.88 Å². The molecule has 0 aliphatic carbocycles. The predicted molar refractivity (Wildman–Crippen MR) is 47.5 cm³/mol. The van der Waals surface area contributed by atoms with Gasteiger partial charge in [-0.1, -0.05) is 19.6 Å². The van der Waals surface area contributed by atoms with Crippen LogP contribution in [-0.2, 0) is 0 Å². The van der Waals surface area contributed by atoms with Crippen molar-refractivity contribution in [3.8, 4) is 0 Å². The Labute approximate surface area is 64.7 Å². The highest BCUT2D eigenvalue weighted by atomic mass is 28.3. The summed E-state index contributed by atoms with van der Waals surface area (Å²) in [6, 6.07) is 0. The van der Waals surface area contributed by atoms with E-state index in [1.165, 1.54) is 19.5 Å². The predicted octanol–water partition coefficient (Wildman–Crippen LogP) is 1.07. The van der Waals surface area contributed by atoms with Gasteiger partial charge in [-0.05, 0) is 19.5 Å². The molecule has 0 saturated carbocycles. The lowest BCUT2D eigenvalue weighted by atomic mass is 10.4. The quantitative estimate of drug-likeness (QED) is 0.574. The molecule has 0 aromatic rings. The smallest absolute Gasteiger partial charge is 0.120 e. The van der Waals surface area contributed by atoms with Gasteiger partial charge in [0.1, 0.15) is 8.24 Å². The Bertz CT molecular complexity index is 103. The van der Waals surface area contributed by atoms with Gasteiger partial charge in [-0.25, -0.2) is 0 Å². The topological polar surface area (TPSA) is 15.3 Å². The molecule has 0 aromatic heterocycles. The van der Waals surface area contributed by atoms with Gasteiger partial charge >= 0.3 is 0 Å². The first-order valence-electron chi connectivity index (χ1n) is 4.06. The largest absolute Gasteiger partial charge is 0.312 e. The van der Waals surface area contributed by atoms with Crippen molar-refractivity contribution in [2.24, 2.45) is 0 Å². The van der Waals surface area contributed by atoms with Crippen LogP contribution in [0.2, 0.25) is 19.6 Å². The number of hydrogen-bond acceptors (Lipinski definition) is 2. The maximum absolute atomic E-state index is 3.40. The minimum atomic E-state index is -0.986. The van der Waals surface area contributed by atoms with Gasteiger partial charge in [0, 0.05) is 6.67 Å². The minimum Gasteiger partial charge on any atom is -0.312 e. The van der Waals surface area contributed by atoms with E-state index in [0.717, 1.165) is 6.67 Å². The Morgan fingerprint density at radius 1 is 1.30 bits per heavy atom. The summed E-state index contributed by atoms with van der Waals surface area (Å²) < 4.78 is 2.61. The van der Waals surface area contributed by atoms with Crippen LogP contribution in [0.25, 0.3) is 0 Å². The van der Waals surface area contributed by atoms with Crippen molar-refractivity contribution in [1.29, 1.82) is 0 Å². The Morgan fingerprint density at radius 3 is 2.30 bits per heavy atom. The number of rotatable bonds is 1. The second-order valence-corrected chi connectivity index (χ2v) is 8.92. The van der Waals surface area contributed by atoms with Crippen molar-refractivity contribution < 1.29 is 0 Å². The van der Waals surface area contributed by atoms with Gasteiger partial charge in [-0.15, -0.1) is 0 Å². The van der Waals surface area contributed by atoms with Crippen LogP contribution in [0.15, 0.2) is 0 Å². The zero-order valence-electron chi connectivity index (χ0n) is 7.28. The van der Waals surface area contributed by atoms with E-state index in [1.54, 1.807) is 0 Å². The molecule has 10 heavy (non-hydrogen) atoms. The van der Waals surface area contributed by atoms with Crippen molar-refractivity contribution in [2.45, 2.75) is 26.1 Å². The SMILES string of the molecule is C[Si](C)(C)N1CCCNC1. The van der Waals surface area contributed by atoms with Crippen LogP contribution in [0.5, 0.6) is 0 Å². The molecule has 3 heteroatoms. The zero-order chi connectivity index (χ0) is 7.61. The summed E-state index contributed by atoms with van der Waals surface area (Å²) in [6.07, 6.45) is 1.32. The number of nitrogens with zero attached hydrogens (tertiary/aromatic N) is 1. The van der Waals surface area contributed by atoms with Crippen molar-refractivity contribution in [2.75, 3.05) is 19.8 Å². The summed E-state index contributed by atoms with van der Waals surface area (Å²) in [5.74, 6) is 0. The number of nitrogens with one attached hydrogen (secondary N) is 1. The molecule has 0 spiro atoms. The van der Waals surface area contributed by atoms with Gasteiger partial charge in [-0.2, -0.15) is 0 Å². The van der Waals surface area contributed by atoms with Crippen LogP contribution in [0.1, 0.15) is 6.42 Å². The van der Waals surface area contributed by atoms with Crippen molar-refractivity contribution in [1.82, 2.24) is 9.88 Å². The van der Waals surface area contributed by atoms with E-state index in [9.17, 15) is 0 Å². The third-order valence-corrected chi connectivity index (χ3v) is 4.31. The highest BCUT2D eigenvalue weighted by molar-refractivity contribution is 6.73. The van der Waals surface area contributed by atoms with E-state index in [-0.39, 0.29) is 0 Å². The maximum Gasteiger partial charge on any atom is 0.120 e. The van der Waals surface area contributed by atoms with Crippen molar-refractivity contribution in [3.05, 3.63) is 0 Å². The van der Waals surface area contributed by atoms with Gasteiger partial charge in [0.15, 0.2) is 0 Å². The van der Waals surface area contributed by atoms with E-state index in [1.807, 2.05) is 0 Å². The molecule has 1 heterocycles. The lowest BCUT2D eigenvalue weighted by Gasteiger charge is -2.37. The summed E-state index contributed by atoms with van der Waals surface area (Å²) in [6.45, 7) is 10.8. The van der Waals surface area contributed by atoms with E-state index in [0.29, 0.717) is 0 Å². The molecule has 0 unspecified atom stereocenters. The molecule has 2 nitrogen and oxygen atoms in total. The molecule has 0 amide bonds.